The van der Waals surface area contributed by atoms with Gasteiger partial charge in [0.15, 0.2) is 0 Å². The van der Waals surface area contributed by atoms with Gasteiger partial charge in [-0.15, -0.1) is 0 Å². The molecule has 0 spiro atoms. The first-order valence-electron chi connectivity index (χ1n) is 4.33. The molecule has 0 radical (unpaired) electrons. The van der Waals surface area contributed by atoms with Crippen molar-refractivity contribution in [2.45, 2.75) is 0 Å². The Balaban J connectivity index is 2.22. The summed E-state index contributed by atoms with van der Waals surface area (Å²) >= 11 is 0. The monoisotopic (exact) mass is 203 g/mol. The lowest BCUT2D eigenvalue weighted by Gasteiger charge is -2.04. The minimum absolute atomic E-state index is 0.347. The average Bonchev–Trinajstić information content (AvgIpc) is 2.22. The Morgan fingerprint density at radius 3 is 2.60 bits per heavy atom. The lowest BCUT2D eigenvalue weighted by Crippen LogP contribution is -2.09. The molecule has 1 aromatic heterocycles. The molecule has 3 N–H and O–H groups in total. The number of aromatic nitrogens is 2. The number of rotatable bonds is 2. The molecule has 0 aliphatic carbocycles. The number of hydrogen-bond donors (Lipinski definition) is 2. The molecule has 0 saturated carbocycles. The Morgan fingerprint density at radius 2 is 1.93 bits per heavy atom. The van der Waals surface area contributed by atoms with Crippen LogP contribution < -0.4 is 16.2 Å². The van der Waals surface area contributed by atoms with Crippen LogP contribution in [0.15, 0.2) is 41.3 Å². The van der Waals surface area contributed by atoms with Crippen molar-refractivity contribution in [3.05, 3.63) is 47.0 Å². The van der Waals surface area contributed by atoms with E-state index in [9.17, 15) is 4.79 Å². The topological polar surface area (TPSA) is 81.0 Å². The van der Waals surface area contributed by atoms with Gasteiger partial charge >= 0.3 is 5.69 Å². The summed E-state index contributed by atoms with van der Waals surface area (Å²) in [6, 6.07) is 8.43. The highest BCUT2D eigenvalue weighted by Gasteiger charge is 1.97. The fourth-order valence-corrected chi connectivity index (χ4v) is 1.07. The molecule has 1 aromatic carbocycles. The molecule has 2 rings (SSSR count). The van der Waals surface area contributed by atoms with Crippen LogP contribution in [-0.4, -0.2) is 9.97 Å². The zero-order valence-electron chi connectivity index (χ0n) is 7.81. The van der Waals surface area contributed by atoms with Crippen molar-refractivity contribution in [3.8, 4) is 11.6 Å². The van der Waals surface area contributed by atoms with Crippen molar-refractivity contribution >= 4 is 5.69 Å². The lowest BCUT2D eigenvalue weighted by atomic mass is 10.3. The Bertz CT molecular complexity index is 505. The molecule has 0 unspecified atom stereocenters. The van der Waals surface area contributed by atoms with E-state index < -0.39 is 5.69 Å². The van der Waals surface area contributed by atoms with Crippen LogP contribution in [0, 0.1) is 0 Å². The molecule has 5 heteroatoms. The lowest BCUT2D eigenvalue weighted by molar-refractivity contribution is 0.459. The van der Waals surface area contributed by atoms with E-state index in [1.54, 1.807) is 30.3 Å². The maximum absolute atomic E-state index is 10.9. The van der Waals surface area contributed by atoms with Crippen molar-refractivity contribution in [3.63, 3.8) is 0 Å². The summed E-state index contributed by atoms with van der Waals surface area (Å²) in [4.78, 5) is 16.8. The summed E-state index contributed by atoms with van der Waals surface area (Å²) in [5.74, 6) is 0.950. The van der Waals surface area contributed by atoms with Crippen molar-refractivity contribution < 1.29 is 4.74 Å². The first kappa shape index (κ1) is 9.26. The quantitative estimate of drug-likeness (QED) is 0.717. The molecular formula is C10H9N3O2. The van der Waals surface area contributed by atoms with Gasteiger partial charge in [0, 0.05) is 18.0 Å². The SMILES string of the molecule is Nc1ccc(Oc2ccnc(=O)[nH]2)cc1. The normalized spacial score (nSPS) is 9.87. The van der Waals surface area contributed by atoms with Gasteiger partial charge in [-0.3, -0.25) is 4.98 Å². The Kier molecular flexibility index (Phi) is 2.37. The van der Waals surface area contributed by atoms with Gasteiger partial charge in [0.05, 0.1) is 0 Å². The number of aromatic amines is 1. The third-order valence-electron chi connectivity index (χ3n) is 1.76. The molecule has 76 valence electrons. The molecule has 0 aliphatic heterocycles. The smallest absolute Gasteiger partial charge is 0.347 e. The number of anilines is 1. The highest BCUT2D eigenvalue weighted by Crippen LogP contribution is 2.18. The van der Waals surface area contributed by atoms with Crippen molar-refractivity contribution in [2.24, 2.45) is 0 Å². The maximum Gasteiger partial charge on any atom is 0.347 e. The van der Waals surface area contributed by atoms with Crippen LogP contribution in [-0.2, 0) is 0 Å². The standard InChI is InChI=1S/C10H9N3O2/c11-7-1-3-8(4-2-7)15-9-5-6-12-10(14)13-9/h1-6H,11H2,(H,12,13,14). The second kappa shape index (κ2) is 3.83. The van der Waals surface area contributed by atoms with Crippen LogP contribution in [0.1, 0.15) is 0 Å². The van der Waals surface area contributed by atoms with Crippen molar-refractivity contribution in [1.29, 1.82) is 0 Å². The predicted molar refractivity (Wildman–Crippen MR) is 55.8 cm³/mol. The molecule has 15 heavy (non-hydrogen) atoms. The van der Waals surface area contributed by atoms with Crippen LogP contribution in [0.25, 0.3) is 0 Å². The number of benzene rings is 1. The van der Waals surface area contributed by atoms with Crippen molar-refractivity contribution in [2.75, 3.05) is 5.73 Å². The fourth-order valence-electron chi connectivity index (χ4n) is 1.07. The first-order valence-corrected chi connectivity index (χ1v) is 4.33. The summed E-state index contributed by atoms with van der Waals surface area (Å²) in [6.45, 7) is 0. The average molecular weight is 203 g/mol. The first-order chi connectivity index (χ1) is 7.24. The van der Waals surface area contributed by atoms with Gasteiger partial charge in [0.1, 0.15) is 5.75 Å². The molecule has 0 bridgehead atoms. The highest BCUT2D eigenvalue weighted by molar-refractivity contribution is 5.42. The Morgan fingerprint density at radius 1 is 1.20 bits per heavy atom. The zero-order chi connectivity index (χ0) is 10.7. The Hall–Kier alpha value is -2.30. The predicted octanol–water partition coefficient (Wildman–Crippen LogP) is 1.14. The van der Waals surface area contributed by atoms with E-state index >= 15 is 0 Å². The maximum atomic E-state index is 10.9. The minimum Gasteiger partial charge on any atom is -0.441 e. The number of hydrogen-bond acceptors (Lipinski definition) is 4. The molecule has 0 amide bonds. The number of nitrogens with one attached hydrogen (secondary N) is 1. The fraction of sp³-hybridized carbons (Fsp3) is 0. The van der Waals surface area contributed by atoms with E-state index in [-0.39, 0.29) is 0 Å². The number of ether oxygens (including phenoxy) is 1. The molecule has 1 heterocycles. The summed E-state index contributed by atoms with van der Waals surface area (Å²) in [7, 11) is 0. The van der Waals surface area contributed by atoms with Crippen molar-refractivity contribution in [1.82, 2.24) is 9.97 Å². The number of nitrogens with zero attached hydrogens (tertiary/aromatic N) is 1. The molecule has 5 nitrogen and oxygen atoms in total. The number of H-pyrrole nitrogens is 1. The number of nitrogen functional groups attached to an aromatic ring is 1. The third kappa shape index (κ3) is 2.34. The van der Waals surface area contributed by atoms with Gasteiger partial charge < -0.3 is 10.5 Å². The van der Waals surface area contributed by atoms with Gasteiger partial charge in [-0.2, -0.15) is 0 Å². The largest absolute Gasteiger partial charge is 0.441 e. The van der Waals surface area contributed by atoms with E-state index in [1.165, 1.54) is 6.20 Å². The second-order valence-electron chi connectivity index (χ2n) is 2.91. The Labute approximate surface area is 85.5 Å². The highest BCUT2D eigenvalue weighted by atomic mass is 16.5. The van der Waals surface area contributed by atoms with Gasteiger partial charge in [-0.1, -0.05) is 0 Å². The van der Waals surface area contributed by atoms with Gasteiger partial charge in [-0.25, -0.2) is 9.78 Å². The summed E-state index contributed by atoms with van der Waals surface area (Å²) in [5.41, 5.74) is 5.74. The van der Waals surface area contributed by atoms with Crippen LogP contribution in [0.5, 0.6) is 11.6 Å². The van der Waals surface area contributed by atoms with Gasteiger partial charge in [-0.05, 0) is 24.3 Å². The van der Waals surface area contributed by atoms with Gasteiger partial charge in [0.2, 0.25) is 5.88 Å². The summed E-state index contributed by atoms with van der Waals surface area (Å²) < 4.78 is 5.36. The summed E-state index contributed by atoms with van der Waals surface area (Å²) in [5, 5.41) is 0. The number of nitrogens with two attached hydrogens (primary N) is 1. The third-order valence-corrected chi connectivity index (χ3v) is 1.76. The van der Waals surface area contributed by atoms with E-state index in [0.29, 0.717) is 17.3 Å². The molecule has 0 saturated heterocycles. The van der Waals surface area contributed by atoms with E-state index in [1.807, 2.05) is 0 Å². The van der Waals surface area contributed by atoms with E-state index in [4.69, 9.17) is 10.5 Å². The molecule has 0 atom stereocenters. The minimum atomic E-state index is -0.442. The van der Waals surface area contributed by atoms with Gasteiger partial charge in [0.25, 0.3) is 0 Å². The van der Waals surface area contributed by atoms with Crippen LogP contribution >= 0.6 is 0 Å². The second-order valence-corrected chi connectivity index (χ2v) is 2.91. The molecular weight excluding hydrogens is 194 g/mol. The molecule has 0 aliphatic rings. The zero-order valence-corrected chi connectivity index (χ0v) is 7.81. The van der Waals surface area contributed by atoms with E-state index in [2.05, 4.69) is 9.97 Å². The van der Waals surface area contributed by atoms with Crippen LogP contribution in [0.2, 0.25) is 0 Å². The van der Waals surface area contributed by atoms with E-state index in [0.717, 1.165) is 0 Å². The van der Waals surface area contributed by atoms with Crippen LogP contribution in [0.3, 0.4) is 0 Å². The summed E-state index contributed by atoms with van der Waals surface area (Å²) in [6.07, 6.45) is 1.38. The molecule has 0 fully saturated rings. The molecule has 2 aromatic rings. The van der Waals surface area contributed by atoms with Crippen LogP contribution in [0.4, 0.5) is 5.69 Å².